The standard InChI is InChI=1S/C17H20FNO4/c18-15(12-4-2-1-3-5-12)16(21)17-13(6-7-14(20)23-17)19-8-10-22-11-9-19/h1-7,13,15-17,21H,8-11H2/t13-,15+,16-,17+/m0/s1. The normalized spacial score (nSPS) is 28.2. The lowest BCUT2D eigenvalue weighted by molar-refractivity contribution is -0.161. The van der Waals surface area contributed by atoms with Gasteiger partial charge in [0, 0.05) is 19.2 Å². The minimum absolute atomic E-state index is 0.353. The van der Waals surface area contributed by atoms with Crippen LogP contribution in [0.3, 0.4) is 0 Å². The molecule has 3 rings (SSSR count). The molecule has 23 heavy (non-hydrogen) atoms. The first-order chi connectivity index (χ1) is 11.2. The molecule has 0 radical (unpaired) electrons. The van der Waals surface area contributed by atoms with Crippen molar-refractivity contribution in [3.05, 3.63) is 48.0 Å². The number of halogens is 1. The molecule has 1 saturated heterocycles. The Morgan fingerprint density at radius 1 is 1.22 bits per heavy atom. The number of hydrogen-bond donors (Lipinski definition) is 1. The number of carbonyl (C=O) groups is 1. The number of cyclic esters (lactones) is 1. The predicted octanol–water partition coefficient (Wildman–Crippen LogP) is 1.24. The van der Waals surface area contributed by atoms with E-state index in [1.165, 1.54) is 6.08 Å². The smallest absolute Gasteiger partial charge is 0.330 e. The molecule has 1 fully saturated rings. The van der Waals surface area contributed by atoms with Crippen molar-refractivity contribution in [2.45, 2.75) is 24.4 Å². The number of aliphatic hydroxyl groups excluding tert-OH is 1. The van der Waals surface area contributed by atoms with E-state index in [0.29, 0.717) is 31.9 Å². The summed E-state index contributed by atoms with van der Waals surface area (Å²) in [6.07, 6.45) is -0.981. The highest BCUT2D eigenvalue weighted by Gasteiger charge is 2.41. The summed E-state index contributed by atoms with van der Waals surface area (Å²) in [5.41, 5.74) is 0.367. The Labute approximate surface area is 134 Å². The molecule has 0 unspecified atom stereocenters. The largest absolute Gasteiger partial charge is 0.454 e. The molecular formula is C17H20FNO4. The molecule has 4 atom stereocenters. The van der Waals surface area contributed by atoms with Crippen LogP contribution < -0.4 is 0 Å². The van der Waals surface area contributed by atoms with E-state index in [4.69, 9.17) is 9.47 Å². The van der Waals surface area contributed by atoms with Crippen LogP contribution in [0, 0.1) is 0 Å². The van der Waals surface area contributed by atoms with Crippen molar-refractivity contribution >= 4 is 5.97 Å². The number of ether oxygens (including phenoxy) is 2. The van der Waals surface area contributed by atoms with E-state index in [-0.39, 0.29) is 6.04 Å². The lowest BCUT2D eigenvalue weighted by Crippen LogP contribution is -2.55. The molecule has 0 saturated carbocycles. The van der Waals surface area contributed by atoms with Crippen LogP contribution in [0.15, 0.2) is 42.5 Å². The molecule has 124 valence electrons. The Hall–Kier alpha value is -1.76. The lowest BCUT2D eigenvalue weighted by Gasteiger charge is -2.40. The third kappa shape index (κ3) is 3.60. The van der Waals surface area contributed by atoms with E-state index in [2.05, 4.69) is 0 Å². The highest BCUT2D eigenvalue weighted by molar-refractivity contribution is 5.83. The van der Waals surface area contributed by atoms with E-state index in [9.17, 15) is 14.3 Å². The number of esters is 1. The molecule has 2 heterocycles. The fourth-order valence-electron chi connectivity index (χ4n) is 3.01. The van der Waals surface area contributed by atoms with Crippen molar-refractivity contribution in [1.82, 2.24) is 4.90 Å². The topological polar surface area (TPSA) is 59.0 Å². The van der Waals surface area contributed by atoms with Gasteiger partial charge in [0.2, 0.25) is 0 Å². The summed E-state index contributed by atoms with van der Waals surface area (Å²) in [6, 6.07) is 8.06. The number of nitrogens with zero attached hydrogens (tertiary/aromatic N) is 1. The van der Waals surface area contributed by atoms with Gasteiger partial charge in [-0.25, -0.2) is 9.18 Å². The average molecular weight is 321 g/mol. The molecule has 0 aromatic heterocycles. The molecular weight excluding hydrogens is 301 g/mol. The van der Waals surface area contributed by atoms with Crippen LogP contribution in [0.1, 0.15) is 11.7 Å². The van der Waals surface area contributed by atoms with Crippen LogP contribution in [0.4, 0.5) is 4.39 Å². The third-order valence-electron chi connectivity index (χ3n) is 4.24. The van der Waals surface area contributed by atoms with Crippen molar-refractivity contribution in [3.63, 3.8) is 0 Å². The number of hydrogen-bond acceptors (Lipinski definition) is 5. The highest BCUT2D eigenvalue weighted by atomic mass is 19.1. The summed E-state index contributed by atoms with van der Waals surface area (Å²) < 4.78 is 25.2. The van der Waals surface area contributed by atoms with Crippen LogP contribution in [-0.4, -0.2) is 60.5 Å². The summed E-state index contributed by atoms with van der Waals surface area (Å²) in [5.74, 6) is -0.557. The summed E-state index contributed by atoms with van der Waals surface area (Å²) >= 11 is 0. The number of carbonyl (C=O) groups excluding carboxylic acids is 1. The molecule has 2 aliphatic heterocycles. The summed E-state index contributed by atoms with van der Waals surface area (Å²) in [7, 11) is 0. The van der Waals surface area contributed by atoms with Gasteiger partial charge in [-0.2, -0.15) is 0 Å². The second-order valence-corrected chi connectivity index (χ2v) is 5.70. The van der Waals surface area contributed by atoms with Crippen molar-refractivity contribution in [2.75, 3.05) is 26.3 Å². The molecule has 1 aromatic rings. The zero-order valence-electron chi connectivity index (χ0n) is 12.7. The van der Waals surface area contributed by atoms with Gasteiger partial charge in [-0.15, -0.1) is 0 Å². The van der Waals surface area contributed by atoms with E-state index in [1.807, 2.05) is 4.90 Å². The SMILES string of the molecule is O=C1C=C[C@H](N2CCOCC2)[C@H]([C@@H](O)[C@H](F)c2ccccc2)O1. The highest BCUT2D eigenvalue weighted by Crippen LogP contribution is 2.29. The molecule has 0 spiro atoms. The predicted molar refractivity (Wildman–Crippen MR) is 81.5 cm³/mol. The van der Waals surface area contributed by atoms with Crippen molar-refractivity contribution in [2.24, 2.45) is 0 Å². The van der Waals surface area contributed by atoms with Gasteiger partial charge in [-0.3, -0.25) is 4.90 Å². The number of alkyl halides is 1. The molecule has 1 N–H and O–H groups in total. The molecule has 2 aliphatic rings. The van der Waals surface area contributed by atoms with Gasteiger partial charge in [-0.1, -0.05) is 36.4 Å². The fraction of sp³-hybridized carbons (Fsp3) is 0.471. The molecule has 0 amide bonds. The minimum Gasteiger partial charge on any atom is -0.454 e. The summed E-state index contributed by atoms with van der Waals surface area (Å²) in [5, 5.41) is 10.5. The van der Waals surface area contributed by atoms with Gasteiger partial charge in [0.15, 0.2) is 12.3 Å². The van der Waals surface area contributed by atoms with E-state index >= 15 is 0 Å². The molecule has 6 heteroatoms. The number of rotatable bonds is 4. The zero-order chi connectivity index (χ0) is 16.2. The molecule has 0 bridgehead atoms. The number of aliphatic hydroxyl groups is 1. The van der Waals surface area contributed by atoms with Gasteiger partial charge in [0.25, 0.3) is 0 Å². The van der Waals surface area contributed by atoms with E-state index < -0.39 is 24.3 Å². The van der Waals surface area contributed by atoms with Gasteiger partial charge in [-0.05, 0) is 5.56 Å². The monoisotopic (exact) mass is 321 g/mol. The second-order valence-electron chi connectivity index (χ2n) is 5.70. The van der Waals surface area contributed by atoms with Crippen LogP contribution in [0.2, 0.25) is 0 Å². The van der Waals surface area contributed by atoms with E-state index in [1.54, 1.807) is 36.4 Å². The quantitative estimate of drug-likeness (QED) is 0.846. The summed E-state index contributed by atoms with van der Waals surface area (Å²) in [6.45, 7) is 2.44. The first kappa shape index (κ1) is 16.1. The number of benzene rings is 1. The van der Waals surface area contributed by atoms with Crippen LogP contribution >= 0.6 is 0 Å². The Kier molecular flexibility index (Phi) is 5.05. The lowest BCUT2D eigenvalue weighted by atomic mass is 9.94. The third-order valence-corrected chi connectivity index (χ3v) is 4.24. The van der Waals surface area contributed by atoms with Gasteiger partial charge in [0.1, 0.15) is 6.10 Å². The zero-order valence-corrected chi connectivity index (χ0v) is 12.7. The summed E-state index contributed by atoms with van der Waals surface area (Å²) in [4.78, 5) is 13.6. The number of morpholine rings is 1. The Morgan fingerprint density at radius 2 is 1.91 bits per heavy atom. The Balaban J connectivity index is 1.79. The average Bonchev–Trinajstić information content (AvgIpc) is 2.62. The van der Waals surface area contributed by atoms with Gasteiger partial charge >= 0.3 is 5.97 Å². The van der Waals surface area contributed by atoms with Crippen molar-refractivity contribution in [3.8, 4) is 0 Å². The Bertz CT molecular complexity index is 559. The van der Waals surface area contributed by atoms with Gasteiger partial charge in [0.05, 0.1) is 19.3 Å². The van der Waals surface area contributed by atoms with Crippen molar-refractivity contribution in [1.29, 1.82) is 0 Å². The maximum Gasteiger partial charge on any atom is 0.330 e. The second kappa shape index (κ2) is 7.21. The molecule has 0 aliphatic carbocycles. The van der Waals surface area contributed by atoms with Crippen LogP contribution in [-0.2, 0) is 14.3 Å². The molecule has 5 nitrogen and oxygen atoms in total. The fourth-order valence-corrected chi connectivity index (χ4v) is 3.01. The Morgan fingerprint density at radius 3 is 2.61 bits per heavy atom. The first-order valence-electron chi connectivity index (χ1n) is 7.74. The maximum atomic E-state index is 14.7. The van der Waals surface area contributed by atoms with Crippen molar-refractivity contribution < 1.29 is 23.8 Å². The van der Waals surface area contributed by atoms with Crippen LogP contribution in [0.5, 0.6) is 0 Å². The van der Waals surface area contributed by atoms with Gasteiger partial charge < -0.3 is 14.6 Å². The molecule has 1 aromatic carbocycles. The first-order valence-corrected chi connectivity index (χ1v) is 7.74. The maximum absolute atomic E-state index is 14.7. The van der Waals surface area contributed by atoms with E-state index in [0.717, 1.165) is 0 Å². The van der Waals surface area contributed by atoms with Crippen LogP contribution in [0.25, 0.3) is 0 Å². The minimum atomic E-state index is -1.62.